The Bertz CT molecular complexity index is 917. The Morgan fingerprint density at radius 1 is 1.00 bits per heavy atom. The molecule has 4 nitrogen and oxygen atoms in total. The van der Waals surface area contributed by atoms with Crippen LogP contribution < -0.4 is 10.6 Å². The van der Waals surface area contributed by atoms with Crippen LogP contribution in [-0.4, -0.2) is 10.9 Å². The summed E-state index contributed by atoms with van der Waals surface area (Å²) in [6.45, 7) is 7.05. The van der Waals surface area contributed by atoms with Crippen molar-refractivity contribution in [3.8, 4) is 0 Å². The maximum absolute atomic E-state index is 12.5. The number of carbonyl (C=O) groups excluding carboxylic acids is 1. The van der Waals surface area contributed by atoms with Crippen molar-refractivity contribution in [2.24, 2.45) is 0 Å². The Balaban J connectivity index is 1.64. The molecule has 0 saturated heterocycles. The van der Waals surface area contributed by atoms with E-state index in [2.05, 4.69) is 54.6 Å². The van der Waals surface area contributed by atoms with Crippen LogP contribution in [0.25, 0.3) is 0 Å². The molecule has 0 saturated carbocycles. The molecule has 0 bridgehead atoms. The summed E-state index contributed by atoms with van der Waals surface area (Å²) in [5.41, 5.74) is 5.79. The molecule has 3 aromatic rings. The zero-order chi connectivity index (χ0) is 19.2. The number of nitrogens with one attached hydrogen (secondary N) is 2. The van der Waals surface area contributed by atoms with Crippen LogP contribution >= 0.6 is 0 Å². The number of anilines is 2. The summed E-state index contributed by atoms with van der Waals surface area (Å²) in [6.07, 6.45) is 3.31. The van der Waals surface area contributed by atoms with Crippen molar-refractivity contribution in [1.29, 1.82) is 0 Å². The Morgan fingerprint density at radius 2 is 1.78 bits per heavy atom. The number of aromatic nitrogens is 1. The second-order valence-corrected chi connectivity index (χ2v) is 7.04. The zero-order valence-electron chi connectivity index (χ0n) is 16.0. The van der Waals surface area contributed by atoms with Crippen LogP contribution in [0.4, 0.5) is 11.4 Å². The lowest BCUT2D eigenvalue weighted by Crippen LogP contribution is -2.13. The van der Waals surface area contributed by atoms with E-state index in [1.807, 2.05) is 36.4 Å². The molecule has 1 heterocycles. The van der Waals surface area contributed by atoms with Crippen LogP contribution in [0.5, 0.6) is 0 Å². The van der Waals surface area contributed by atoms with Crippen molar-refractivity contribution in [3.05, 3.63) is 89.2 Å². The minimum absolute atomic E-state index is 0.168. The smallest absolute Gasteiger partial charge is 0.257 e. The quantitative estimate of drug-likeness (QED) is 0.621. The Labute approximate surface area is 160 Å². The highest BCUT2D eigenvalue weighted by Crippen LogP contribution is 2.18. The van der Waals surface area contributed by atoms with Gasteiger partial charge in [-0.25, -0.2) is 0 Å². The first kappa shape index (κ1) is 18.6. The number of hydrogen-bond donors (Lipinski definition) is 2. The summed E-state index contributed by atoms with van der Waals surface area (Å²) in [4.78, 5) is 16.7. The Kier molecular flexibility index (Phi) is 5.87. The molecule has 0 spiro atoms. The van der Waals surface area contributed by atoms with Crippen molar-refractivity contribution < 1.29 is 4.79 Å². The van der Waals surface area contributed by atoms with Crippen LogP contribution in [-0.2, 0) is 6.54 Å². The van der Waals surface area contributed by atoms with Gasteiger partial charge in [0.05, 0.1) is 11.3 Å². The van der Waals surface area contributed by atoms with Gasteiger partial charge in [0, 0.05) is 24.6 Å². The lowest BCUT2D eigenvalue weighted by Gasteiger charge is -2.10. The van der Waals surface area contributed by atoms with Crippen molar-refractivity contribution in [3.63, 3.8) is 0 Å². The fourth-order valence-corrected chi connectivity index (χ4v) is 2.84. The van der Waals surface area contributed by atoms with E-state index in [9.17, 15) is 4.79 Å². The number of nitrogens with zero attached hydrogens (tertiary/aromatic N) is 1. The van der Waals surface area contributed by atoms with E-state index in [4.69, 9.17) is 0 Å². The predicted molar refractivity (Wildman–Crippen MR) is 111 cm³/mol. The van der Waals surface area contributed by atoms with Crippen LogP contribution in [0.15, 0.2) is 67.0 Å². The second kappa shape index (κ2) is 8.49. The highest BCUT2D eigenvalue weighted by atomic mass is 16.1. The SMILES string of the molecule is Cc1cccc(CNc2cncc(C(=O)Nc3ccc(C(C)C)cc3)c2)c1. The zero-order valence-corrected chi connectivity index (χ0v) is 16.0. The van der Waals surface area contributed by atoms with E-state index in [1.165, 1.54) is 16.7 Å². The van der Waals surface area contributed by atoms with Gasteiger partial charge < -0.3 is 10.6 Å². The second-order valence-electron chi connectivity index (χ2n) is 7.04. The monoisotopic (exact) mass is 359 g/mol. The molecule has 27 heavy (non-hydrogen) atoms. The van der Waals surface area contributed by atoms with E-state index in [0.717, 1.165) is 11.4 Å². The summed E-state index contributed by atoms with van der Waals surface area (Å²) < 4.78 is 0. The minimum Gasteiger partial charge on any atom is -0.380 e. The van der Waals surface area contributed by atoms with Gasteiger partial charge in [0.2, 0.25) is 0 Å². The average Bonchev–Trinajstić information content (AvgIpc) is 2.67. The molecule has 0 radical (unpaired) electrons. The Hall–Kier alpha value is -3.14. The third-order valence-electron chi connectivity index (χ3n) is 4.41. The predicted octanol–water partition coefficient (Wildman–Crippen LogP) is 5.38. The summed E-state index contributed by atoms with van der Waals surface area (Å²) in [7, 11) is 0. The first-order chi connectivity index (χ1) is 13.0. The molecular formula is C23H25N3O. The molecule has 0 aliphatic rings. The summed E-state index contributed by atoms with van der Waals surface area (Å²) in [6, 6.07) is 18.1. The van der Waals surface area contributed by atoms with Crippen LogP contribution in [0.2, 0.25) is 0 Å². The molecule has 3 rings (SSSR count). The van der Waals surface area contributed by atoms with E-state index in [-0.39, 0.29) is 5.91 Å². The van der Waals surface area contributed by atoms with Gasteiger partial charge in [-0.15, -0.1) is 0 Å². The van der Waals surface area contributed by atoms with Gasteiger partial charge in [-0.2, -0.15) is 0 Å². The number of rotatable bonds is 6. The van der Waals surface area contributed by atoms with E-state index >= 15 is 0 Å². The van der Waals surface area contributed by atoms with Crippen LogP contribution in [0.1, 0.15) is 46.8 Å². The van der Waals surface area contributed by atoms with Gasteiger partial charge >= 0.3 is 0 Å². The van der Waals surface area contributed by atoms with Gasteiger partial charge in [-0.1, -0.05) is 55.8 Å². The first-order valence-electron chi connectivity index (χ1n) is 9.17. The molecule has 2 aromatic carbocycles. The van der Waals surface area contributed by atoms with E-state index < -0.39 is 0 Å². The standard InChI is InChI=1S/C23H25N3O/c1-16(2)19-7-9-21(10-8-19)26-23(27)20-12-22(15-24-14-20)25-13-18-6-4-5-17(3)11-18/h4-12,14-16,25H,13H2,1-3H3,(H,26,27). The number of aryl methyl sites for hydroxylation is 1. The van der Waals surface area contributed by atoms with Gasteiger partial charge in [-0.3, -0.25) is 9.78 Å². The van der Waals surface area contributed by atoms with E-state index in [0.29, 0.717) is 18.0 Å². The van der Waals surface area contributed by atoms with Crippen molar-refractivity contribution in [2.75, 3.05) is 10.6 Å². The van der Waals surface area contributed by atoms with E-state index in [1.54, 1.807) is 12.4 Å². The molecular weight excluding hydrogens is 334 g/mol. The average molecular weight is 359 g/mol. The molecule has 4 heteroatoms. The normalized spacial score (nSPS) is 10.7. The number of amides is 1. The maximum atomic E-state index is 12.5. The van der Waals surface area contributed by atoms with Crippen LogP contribution in [0.3, 0.4) is 0 Å². The number of benzene rings is 2. The Morgan fingerprint density at radius 3 is 2.48 bits per heavy atom. The topological polar surface area (TPSA) is 54.0 Å². The highest BCUT2D eigenvalue weighted by Gasteiger charge is 2.08. The molecule has 0 unspecified atom stereocenters. The fourth-order valence-electron chi connectivity index (χ4n) is 2.84. The molecule has 0 atom stereocenters. The van der Waals surface area contributed by atoms with Crippen molar-refractivity contribution in [1.82, 2.24) is 4.98 Å². The third kappa shape index (κ3) is 5.17. The molecule has 138 valence electrons. The lowest BCUT2D eigenvalue weighted by molar-refractivity contribution is 0.102. The first-order valence-corrected chi connectivity index (χ1v) is 9.17. The molecule has 1 amide bonds. The van der Waals surface area contributed by atoms with Gasteiger partial charge in [0.1, 0.15) is 0 Å². The largest absolute Gasteiger partial charge is 0.380 e. The lowest BCUT2D eigenvalue weighted by atomic mass is 10.0. The van der Waals surface area contributed by atoms with Gasteiger partial charge in [-0.05, 0) is 42.2 Å². The van der Waals surface area contributed by atoms with Crippen LogP contribution in [0, 0.1) is 6.92 Å². The molecule has 1 aromatic heterocycles. The number of pyridine rings is 1. The summed E-state index contributed by atoms with van der Waals surface area (Å²) >= 11 is 0. The molecule has 2 N–H and O–H groups in total. The maximum Gasteiger partial charge on any atom is 0.257 e. The molecule has 0 aliphatic heterocycles. The van der Waals surface area contributed by atoms with Gasteiger partial charge in [0.15, 0.2) is 0 Å². The number of carbonyl (C=O) groups is 1. The van der Waals surface area contributed by atoms with Crippen molar-refractivity contribution in [2.45, 2.75) is 33.2 Å². The molecule has 0 fully saturated rings. The van der Waals surface area contributed by atoms with Crippen molar-refractivity contribution >= 4 is 17.3 Å². The summed E-state index contributed by atoms with van der Waals surface area (Å²) in [5, 5.41) is 6.25. The fraction of sp³-hybridized carbons (Fsp3) is 0.217. The summed E-state index contributed by atoms with van der Waals surface area (Å²) in [5.74, 6) is 0.300. The third-order valence-corrected chi connectivity index (χ3v) is 4.41. The number of hydrogen-bond acceptors (Lipinski definition) is 3. The molecule has 0 aliphatic carbocycles. The minimum atomic E-state index is -0.168. The van der Waals surface area contributed by atoms with Gasteiger partial charge in [0.25, 0.3) is 5.91 Å². The highest BCUT2D eigenvalue weighted by molar-refractivity contribution is 6.04.